The highest BCUT2D eigenvalue weighted by Crippen LogP contribution is 2.36. The lowest BCUT2D eigenvalue weighted by atomic mass is 9.72. The van der Waals surface area contributed by atoms with Crippen LogP contribution in [0.2, 0.25) is 0 Å². The maximum atomic E-state index is 12.2. The Morgan fingerprint density at radius 1 is 1.24 bits per heavy atom. The fourth-order valence-corrected chi connectivity index (χ4v) is 2.27. The largest absolute Gasteiger partial charge is 0.465 e. The molecule has 0 N–H and O–H groups in total. The number of Topliss-reactive ketones (excluding diaryl/α,β-unsaturated/α-hetero) is 1. The number of furan rings is 1. The Balaban J connectivity index is 2.53. The molecular weight excluding hydrogens is 216 g/mol. The molecule has 0 saturated heterocycles. The summed E-state index contributed by atoms with van der Waals surface area (Å²) in [4.78, 5) is 23.9. The molecule has 1 aliphatic carbocycles. The summed E-state index contributed by atoms with van der Waals surface area (Å²) in [6.45, 7) is 7.26. The third-order valence-electron chi connectivity index (χ3n) is 3.47. The van der Waals surface area contributed by atoms with Gasteiger partial charge in [0.15, 0.2) is 11.6 Å². The van der Waals surface area contributed by atoms with Crippen LogP contribution in [0.25, 0.3) is 0 Å². The molecule has 17 heavy (non-hydrogen) atoms. The van der Waals surface area contributed by atoms with Crippen LogP contribution in [0.5, 0.6) is 0 Å². The highest BCUT2D eigenvalue weighted by molar-refractivity contribution is 6.13. The van der Waals surface area contributed by atoms with Crippen molar-refractivity contribution in [1.82, 2.24) is 0 Å². The molecule has 0 saturated carbocycles. The monoisotopic (exact) mass is 232 g/mol. The third kappa shape index (κ3) is 1.75. The number of aryl methyl sites for hydroxylation is 2. The molecule has 1 heterocycles. The van der Waals surface area contributed by atoms with Gasteiger partial charge in [-0.1, -0.05) is 0 Å². The van der Waals surface area contributed by atoms with E-state index in [0.29, 0.717) is 11.3 Å². The van der Waals surface area contributed by atoms with E-state index >= 15 is 0 Å². The maximum absolute atomic E-state index is 12.2. The molecule has 1 atom stereocenters. The first-order valence-corrected chi connectivity index (χ1v) is 5.68. The fraction of sp³-hybridized carbons (Fsp3) is 0.429. The molecule has 0 aliphatic heterocycles. The second-order valence-corrected chi connectivity index (χ2v) is 4.98. The predicted molar refractivity (Wildman–Crippen MR) is 63.9 cm³/mol. The quantitative estimate of drug-likeness (QED) is 0.747. The molecule has 2 rings (SSSR count). The van der Waals surface area contributed by atoms with E-state index in [1.807, 2.05) is 19.9 Å². The molecule has 0 bridgehead atoms. The minimum absolute atomic E-state index is 0.0173. The Labute approximate surface area is 101 Å². The van der Waals surface area contributed by atoms with Crippen LogP contribution < -0.4 is 0 Å². The van der Waals surface area contributed by atoms with E-state index in [1.165, 1.54) is 6.08 Å². The van der Waals surface area contributed by atoms with Crippen LogP contribution in [-0.2, 0) is 15.0 Å². The van der Waals surface area contributed by atoms with Gasteiger partial charge in [0.25, 0.3) is 0 Å². The highest BCUT2D eigenvalue weighted by Gasteiger charge is 2.43. The fourth-order valence-electron chi connectivity index (χ4n) is 2.27. The van der Waals surface area contributed by atoms with Gasteiger partial charge in [0.1, 0.15) is 11.5 Å². The zero-order valence-corrected chi connectivity index (χ0v) is 10.6. The first-order chi connectivity index (χ1) is 7.84. The SMILES string of the molecule is CC1=CC(=O)CC(C)(c2cc(C)c(C)o2)C1=O. The lowest BCUT2D eigenvalue weighted by molar-refractivity contribution is -0.127. The second kappa shape index (κ2) is 3.69. The summed E-state index contributed by atoms with van der Waals surface area (Å²) in [5.41, 5.74) is 0.679. The minimum atomic E-state index is -0.838. The van der Waals surface area contributed by atoms with Gasteiger partial charge in [-0.15, -0.1) is 0 Å². The second-order valence-electron chi connectivity index (χ2n) is 4.98. The lowest BCUT2D eigenvalue weighted by Crippen LogP contribution is -2.38. The third-order valence-corrected chi connectivity index (χ3v) is 3.47. The van der Waals surface area contributed by atoms with Crippen molar-refractivity contribution in [1.29, 1.82) is 0 Å². The van der Waals surface area contributed by atoms with Crippen LogP contribution in [0.15, 0.2) is 22.1 Å². The van der Waals surface area contributed by atoms with Crippen LogP contribution in [0.3, 0.4) is 0 Å². The lowest BCUT2D eigenvalue weighted by Gasteiger charge is -2.28. The summed E-state index contributed by atoms with van der Waals surface area (Å²) in [6, 6.07) is 1.86. The van der Waals surface area contributed by atoms with E-state index in [2.05, 4.69) is 0 Å². The van der Waals surface area contributed by atoms with Crippen molar-refractivity contribution in [2.75, 3.05) is 0 Å². The van der Waals surface area contributed by atoms with Crippen LogP contribution in [-0.4, -0.2) is 11.6 Å². The Bertz CT molecular complexity index is 514. The van der Waals surface area contributed by atoms with Gasteiger partial charge in [0, 0.05) is 6.42 Å². The maximum Gasteiger partial charge on any atom is 0.172 e. The van der Waals surface area contributed by atoms with Crippen LogP contribution in [0.1, 0.15) is 37.4 Å². The zero-order chi connectivity index (χ0) is 12.8. The number of hydrogen-bond donors (Lipinski definition) is 0. The highest BCUT2D eigenvalue weighted by atomic mass is 16.3. The first kappa shape index (κ1) is 11.8. The van der Waals surface area contributed by atoms with E-state index < -0.39 is 5.41 Å². The van der Waals surface area contributed by atoms with Crippen molar-refractivity contribution < 1.29 is 14.0 Å². The van der Waals surface area contributed by atoms with Crippen molar-refractivity contribution in [3.8, 4) is 0 Å². The number of carbonyl (C=O) groups is 2. The summed E-state index contributed by atoms with van der Waals surface area (Å²) in [6.07, 6.45) is 1.61. The summed E-state index contributed by atoms with van der Waals surface area (Å²) < 4.78 is 5.62. The van der Waals surface area contributed by atoms with Gasteiger partial charge in [-0.05, 0) is 51.0 Å². The molecule has 90 valence electrons. The van der Waals surface area contributed by atoms with Gasteiger partial charge in [-0.2, -0.15) is 0 Å². The van der Waals surface area contributed by atoms with Gasteiger partial charge >= 0.3 is 0 Å². The van der Waals surface area contributed by atoms with E-state index in [0.717, 1.165) is 11.3 Å². The van der Waals surface area contributed by atoms with Crippen molar-refractivity contribution in [3.05, 3.63) is 34.8 Å². The average molecular weight is 232 g/mol. The van der Waals surface area contributed by atoms with Crippen LogP contribution >= 0.6 is 0 Å². The molecule has 1 aromatic heterocycles. The van der Waals surface area contributed by atoms with Gasteiger partial charge in [0.05, 0.1) is 5.41 Å². The predicted octanol–water partition coefficient (Wildman–Crippen LogP) is 2.64. The van der Waals surface area contributed by atoms with Crippen LogP contribution in [0.4, 0.5) is 0 Å². The molecule has 0 fully saturated rings. The molecule has 0 aromatic carbocycles. The molecule has 0 spiro atoms. The Morgan fingerprint density at radius 3 is 2.41 bits per heavy atom. The van der Waals surface area contributed by atoms with Gasteiger partial charge in [-0.3, -0.25) is 9.59 Å². The molecule has 3 nitrogen and oxygen atoms in total. The number of allylic oxidation sites excluding steroid dienone is 2. The number of rotatable bonds is 1. The van der Waals surface area contributed by atoms with E-state index in [9.17, 15) is 9.59 Å². The average Bonchev–Trinajstić information content (AvgIpc) is 2.56. The van der Waals surface area contributed by atoms with Crippen molar-refractivity contribution in [2.24, 2.45) is 0 Å². The molecule has 3 heteroatoms. The number of hydrogen-bond acceptors (Lipinski definition) is 3. The van der Waals surface area contributed by atoms with Gasteiger partial charge < -0.3 is 4.42 Å². The summed E-state index contributed by atoms with van der Waals surface area (Å²) in [5, 5.41) is 0. The first-order valence-electron chi connectivity index (χ1n) is 5.68. The molecule has 0 radical (unpaired) electrons. The van der Waals surface area contributed by atoms with Crippen molar-refractivity contribution in [3.63, 3.8) is 0 Å². The summed E-state index contributed by atoms with van der Waals surface area (Å²) >= 11 is 0. The van der Waals surface area contributed by atoms with Crippen molar-refractivity contribution >= 4 is 11.6 Å². The Hall–Kier alpha value is -1.64. The number of carbonyl (C=O) groups excluding carboxylic acids is 2. The van der Waals surface area contributed by atoms with E-state index in [-0.39, 0.29) is 18.0 Å². The molecule has 0 amide bonds. The molecule has 1 aliphatic rings. The summed E-state index contributed by atoms with van der Waals surface area (Å²) in [5.74, 6) is 1.36. The molecular formula is C14H16O3. The molecule has 1 unspecified atom stereocenters. The molecule has 1 aromatic rings. The Morgan fingerprint density at radius 2 is 1.88 bits per heavy atom. The minimum Gasteiger partial charge on any atom is -0.465 e. The van der Waals surface area contributed by atoms with Crippen molar-refractivity contribution in [2.45, 2.75) is 39.5 Å². The van der Waals surface area contributed by atoms with E-state index in [1.54, 1.807) is 13.8 Å². The number of ketones is 2. The van der Waals surface area contributed by atoms with E-state index in [4.69, 9.17) is 4.42 Å². The van der Waals surface area contributed by atoms with Gasteiger partial charge in [0.2, 0.25) is 0 Å². The Kier molecular flexibility index (Phi) is 2.57. The smallest absolute Gasteiger partial charge is 0.172 e. The topological polar surface area (TPSA) is 47.3 Å². The zero-order valence-electron chi connectivity index (χ0n) is 10.6. The normalized spacial score (nSPS) is 25.1. The standard InChI is InChI=1S/C14H16O3/c1-8-6-12(17-10(8)3)14(4)7-11(15)5-9(2)13(14)16/h5-6H,7H2,1-4H3. The van der Waals surface area contributed by atoms with Crippen LogP contribution in [0, 0.1) is 13.8 Å². The van der Waals surface area contributed by atoms with Gasteiger partial charge in [-0.25, -0.2) is 0 Å². The summed E-state index contributed by atoms with van der Waals surface area (Å²) in [7, 11) is 0.